The number of aromatic hydroxyl groups is 3. The van der Waals surface area contributed by atoms with E-state index in [2.05, 4.69) is 11.4 Å². The number of aliphatic hydroxyl groups excluding tert-OH is 1. The number of hydrogen-bond donors (Lipinski definition) is 6. The van der Waals surface area contributed by atoms with Gasteiger partial charge in [-0.05, 0) is 65.5 Å². The third-order valence-electron chi connectivity index (χ3n) is 6.42. The maximum absolute atomic E-state index is 13.4. The van der Waals surface area contributed by atoms with Crippen LogP contribution >= 0.6 is 0 Å². The van der Waals surface area contributed by atoms with Crippen molar-refractivity contribution < 1.29 is 30.3 Å². The molecule has 3 rings (SSSR count). The molecule has 8 nitrogen and oxygen atoms in total. The van der Waals surface area contributed by atoms with Crippen molar-refractivity contribution in [1.82, 2.24) is 0 Å². The van der Waals surface area contributed by atoms with E-state index in [-0.39, 0.29) is 46.6 Å². The highest BCUT2D eigenvalue weighted by molar-refractivity contribution is 6.15. The monoisotopic (exact) mass is 496 g/mol. The van der Waals surface area contributed by atoms with Crippen LogP contribution in [0, 0.1) is 0 Å². The third kappa shape index (κ3) is 6.38. The Bertz CT molecular complexity index is 1180. The molecule has 0 radical (unpaired) electrons. The van der Waals surface area contributed by atoms with Gasteiger partial charge in [0, 0.05) is 18.7 Å². The number of anilines is 3. The number of benzene rings is 2. The molecule has 2 aromatic rings. The Morgan fingerprint density at radius 3 is 2.42 bits per heavy atom. The molecule has 1 amide bonds. The van der Waals surface area contributed by atoms with Crippen molar-refractivity contribution in [2.75, 3.05) is 16.8 Å². The van der Waals surface area contributed by atoms with Crippen molar-refractivity contribution in [1.29, 1.82) is 0 Å². The second-order valence-corrected chi connectivity index (χ2v) is 9.95. The third-order valence-corrected chi connectivity index (χ3v) is 6.42. The number of phenolic OH excluding ortho intramolecular Hbond substituents is 3. The predicted octanol–water partition coefficient (Wildman–Crippen LogP) is 5.09. The van der Waals surface area contributed by atoms with E-state index in [0.29, 0.717) is 18.5 Å². The van der Waals surface area contributed by atoms with E-state index in [4.69, 9.17) is 0 Å². The fourth-order valence-electron chi connectivity index (χ4n) is 4.06. The maximum atomic E-state index is 13.4. The van der Waals surface area contributed by atoms with Crippen LogP contribution in [0.5, 0.6) is 17.2 Å². The molecule has 1 atom stereocenters. The Morgan fingerprint density at radius 2 is 1.72 bits per heavy atom. The summed E-state index contributed by atoms with van der Waals surface area (Å²) in [7, 11) is 0. The predicted molar refractivity (Wildman–Crippen MR) is 141 cm³/mol. The van der Waals surface area contributed by atoms with E-state index in [1.807, 2.05) is 19.9 Å². The molecule has 0 aromatic heterocycles. The summed E-state index contributed by atoms with van der Waals surface area (Å²) in [6.45, 7) is 7.37. The lowest BCUT2D eigenvalue weighted by molar-refractivity contribution is -0.0509. The van der Waals surface area contributed by atoms with Crippen molar-refractivity contribution in [3.8, 4) is 17.2 Å². The van der Waals surface area contributed by atoms with Crippen LogP contribution in [0.3, 0.4) is 0 Å². The van der Waals surface area contributed by atoms with Gasteiger partial charge in [-0.15, -0.1) is 0 Å². The first-order valence-corrected chi connectivity index (χ1v) is 12.1. The van der Waals surface area contributed by atoms with Crippen molar-refractivity contribution in [3.63, 3.8) is 0 Å². The Kier molecular flexibility index (Phi) is 8.32. The summed E-state index contributed by atoms with van der Waals surface area (Å²) in [5.41, 5.74) is 2.05. The van der Waals surface area contributed by atoms with E-state index >= 15 is 0 Å². The molecule has 1 heterocycles. The van der Waals surface area contributed by atoms with Gasteiger partial charge in [-0.3, -0.25) is 4.79 Å². The van der Waals surface area contributed by atoms with Crippen LogP contribution in [-0.4, -0.2) is 49.7 Å². The number of carbonyl (C=O) groups is 1. The van der Waals surface area contributed by atoms with Gasteiger partial charge in [0.25, 0.3) is 5.91 Å². The minimum Gasteiger partial charge on any atom is -0.508 e. The SMILES string of the molecule is CC(=CCN1C(=O)c2cccc(O)c2Nc2c(O)cc(O)cc21)CCC=C(C)CCC(O)C(C)(C)O. The zero-order valence-corrected chi connectivity index (χ0v) is 21.2. The Balaban J connectivity index is 1.74. The zero-order chi connectivity index (χ0) is 26.6. The molecule has 0 fully saturated rings. The molecule has 194 valence electrons. The molecule has 6 N–H and O–H groups in total. The molecule has 0 spiro atoms. The Labute approximate surface area is 211 Å². The van der Waals surface area contributed by atoms with Gasteiger partial charge < -0.3 is 35.7 Å². The van der Waals surface area contributed by atoms with Crippen LogP contribution in [0.1, 0.15) is 63.7 Å². The topological polar surface area (TPSA) is 133 Å². The molecular weight excluding hydrogens is 460 g/mol. The number of fused-ring (bicyclic) bond motifs is 2. The Hall–Kier alpha value is -3.49. The number of nitrogens with zero attached hydrogens (tertiary/aromatic N) is 1. The number of allylic oxidation sites excluding steroid dienone is 3. The average molecular weight is 497 g/mol. The molecule has 0 bridgehead atoms. The van der Waals surface area contributed by atoms with Crippen LogP contribution in [-0.2, 0) is 0 Å². The van der Waals surface area contributed by atoms with E-state index < -0.39 is 11.7 Å². The molecule has 0 saturated carbocycles. The second-order valence-electron chi connectivity index (χ2n) is 9.95. The van der Waals surface area contributed by atoms with Crippen LogP contribution in [0.25, 0.3) is 0 Å². The summed E-state index contributed by atoms with van der Waals surface area (Å²) in [4.78, 5) is 14.9. The van der Waals surface area contributed by atoms with Crippen molar-refractivity contribution in [2.24, 2.45) is 0 Å². The standard InChI is InChI=1S/C28H36N2O6/c1-17(11-12-24(34)28(3,4)36)7-5-8-18(2)13-14-30-21-15-19(31)16-23(33)26(21)29-25-20(27(30)35)9-6-10-22(25)32/h6-7,9-10,13,15-16,24,29,31-34,36H,5,8,11-12,14H2,1-4H3. The molecule has 1 aliphatic rings. The van der Waals surface area contributed by atoms with Crippen LogP contribution in [0.15, 0.2) is 53.6 Å². The lowest BCUT2D eigenvalue weighted by Gasteiger charge is -2.24. The molecular formula is C28H36N2O6. The molecule has 8 heteroatoms. The number of para-hydroxylation sites is 1. The number of phenols is 3. The fourth-order valence-corrected chi connectivity index (χ4v) is 4.06. The number of carbonyl (C=O) groups excluding carboxylic acids is 1. The highest BCUT2D eigenvalue weighted by Crippen LogP contribution is 2.45. The largest absolute Gasteiger partial charge is 0.508 e. The van der Waals surface area contributed by atoms with Gasteiger partial charge in [-0.25, -0.2) is 0 Å². The van der Waals surface area contributed by atoms with Gasteiger partial charge in [-0.1, -0.05) is 29.4 Å². The minimum absolute atomic E-state index is 0.120. The molecule has 1 unspecified atom stereocenters. The van der Waals surface area contributed by atoms with Gasteiger partial charge in [0.1, 0.15) is 22.9 Å². The van der Waals surface area contributed by atoms with Gasteiger partial charge in [0.05, 0.1) is 28.6 Å². The highest BCUT2D eigenvalue weighted by atomic mass is 16.3. The van der Waals surface area contributed by atoms with Gasteiger partial charge in [0.15, 0.2) is 0 Å². The average Bonchev–Trinajstić information content (AvgIpc) is 2.91. The van der Waals surface area contributed by atoms with Gasteiger partial charge in [-0.2, -0.15) is 0 Å². The number of aliphatic hydroxyl groups is 2. The molecule has 1 aliphatic heterocycles. The normalized spacial score (nSPS) is 15.2. The lowest BCUT2D eigenvalue weighted by atomic mass is 9.95. The zero-order valence-electron chi connectivity index (χ0n) is 21.2. The maximum Gasteiger partial charge on any atom is 0.260 e. The summed E-state index contributed by atoms with van der Waals surface area (Å²) in [5, 5.41) is 53.7. The summed E-state index contributed by atoms with van der Waals surface area (Å²) >= 11 is 0. The first kappa shape index (κ1) is 27.1. The van der Waals surface area contributed by atoms with Gasteiger partial charge >= 0.3 is 0 Å². The molecule has 0 saturated heterocycles. The van der Waals surface area contributed by atoms with Crippen molar-refractivity contribution in [3.05, 3.63) is 59.2 Å². The fraction of sp³-hybridized carbons (Fsp3) is 0.393. The van der Waals surface area contributed by atoms with Crippen molar-refractivity contribution >= 4 is 23.0 Å². The smallest absolute Gasteiger partial charge is 0.260 e. The second kappa shape index (κ2) is 11.1. The van der Waals surface area contributed by atoms with E-state index in [1.54, 1.807) is 26.0 Å². The highest BCUT2D eigenvalue weighted by Gasteiger charge is 2.30. The summed E-state index contributed by atoms with van der Waals surface area (Å²) in [6, 6.07) is 7.21. The summed E-state index contributed by atoms with van der Waals surface area (Å²) in [5.74, 6) is -0.917. The summed E-state index contributed by atoms with van der Waals surface area (Å²) < 4.78 is 0. The van der Waals surface area contributed by atoms with Crippen LogP contribution in [0.4, 0.5) is 17.1 Å². The van der Waals surface area contributed by atoms with Crippen LogP contribution in [0.2, 0.25) is 0 Å². The lowest BCUT2D eigenvalue weighted by Crippen LogP contribution is -2.35. The first-order chi connectivity index (χ1) is 16.9. The number of rotatable bonds is 9. The van der Waals surface area contributed by atoms with Crippen molar-refractivity contribution in [2.45, 2.75) is 65.1 Å². The molecule has 0 aliphatic carbocycles. The number of nitrogens with one attached hydrogen (secondary N) is 1. The van der Waals surface area contributed by atoms with E-state index in [9.17, 15) is 30.3 Å². The quantitative estimate of drug-likeness (QED) is 0.162. The molecule has 36 heavy (non-hydrogen) atoms. The van der Waals surface area contributed by atoms with E-state index in [1.165, 1.54) is 23.1 Å². The Morgan fingerprint density at radius 1 is 1.03 bits per heavy atom. The molecule has 2 aromatic carbocycles. The minimum atomic E-state index is -1.12. The first-order valence-electron chi connectivity index (χ1n) is 12.1. The summed E-state index contributed by atoms with van der Waals surface area (Å²) in [6.07, 6.45) is 5.99. The van der Waals surface area contributed by atoms with Gasteiger partial charge in [0.2, 0.25) is 0 Å². The number of hydrogen-bond acceptors (Lipinski definition) is 7. The van der Waals surface area contributed by atoms with Crippen LogP contribution < -0.4 is 10.2 Å². The number of amides is 1. The van der Waals surface area contributed by atoms with E-state index in [0.717, 1.165) is 24.0 Å².